The molecule has 236 valence electrons. The first kappa shape index (κ1) is 30.5. The van der Waals surface area contributed by atoms with E-state index in [9.17, 15) is 14.4 Å². The van der Waals surface area contributed by atoms with Crippen LogP contribution in [0.2, 0.25) is 0 Å². The molecule has 0 radical (unpaired) electrons. The van der Waals surface area contributed by atoms with Crippen LogP contribution in [0.5, 0.6) is 0 Å². The van der Waals surface area contributed by atoms with Crippen LogP contribution in [0.15, 0.2) is 65.6 Å². The summed E-state index contributed by atoms with van der Waals surface area (Å²) in [6.07, 6.45) is 5.55. The van der Waals surface area contributed by atoms with Crippen molar-refractivity contribution in [2.24, 2.45) is 17.6 Å². The van der Waals surface area contributed by atoms with Gasteiger partial charge in [-0.15, -0.1) is 0 Å². The highest BCUT2D eigenvalue weighted by molar-refractivity contribution is 5.99. The molecule has 1 saturated carbocycles. The Morgan fingerprint density at radius 2 is 1.76 bits per heavy atom. The topological polar surface area (TPSA) is 152 Å². The third kappa shape index (κ3) is 7.26. The van der Waals surface area contributed by atoms with E-state index in [0.717, 1.165) is 74.4 Å². The van der Waals surface area contributed by atoms with Crippen LogP contribution in [-0.2, 0) is 16.0 Å². The van der Waals surface area contributed by atoms with E-state index in [-0.39, 0.29) is 23.3 Å². The Bertz CT molecular complexity index is 1700. The molecular formula is C34H42N8O3. The summed E-state index contributed by atoms with van der Waals surface area (Å²) in [6, 6.07) is 16.5. The second kappa shape index (κ2) is 13.7. The highest BCUT2D eigenvalue weighted by atomic mass is 16.2. The van der Waals surface area contributed by atoms with Gasteiger partial charge in [0.15, 0.2) is 0 Å². The van der Waals surface area contributed by atoms with Crippen molar-refractivity contribution in [1.82, 2.24) is 25.4 Å². The van der Waals surface area contributed by atoms with E-state index in [0.29, 0.717) is 35.5 Å². The third-order valence-corrected chi connectivity index (χ3v) is 9.30. The zero-order valence-electron chi connectivity index (χ0n) is 25.7. The Balaban J connectivity index is 1.21. The maximum Gasteiger partial charge on any atom is 0.271 e. The van der Waals surface area contributed by atoms with Gasteiger partial charge in [-0.3, -0.25) is 24.6 Å². The van der Waals surface area contributed by atoms with E-state index >= 15 is 0 Å². The van der Waals surface area contributed by atoms with Crippen molar-refractivity contribution < 1.29 is 9.59 Å². The molecule has 6 rings (SSSR count). The molecule has 2 amide bonds. The average Bonchev–Trinajstić information content (AvgIpc) is 3.44. The molecule has 11 nitrogen and oxygen atoms in total. The highest BCUT2D eigenvalue weighted by Gasteiger charge is 2.29. The summed E-state index contributed by atoms with van der Waals surface area (Å²) in [6.45, 7) is 4.51. The number of amides is 2. The van der Waals surface area contributed by atoms with Crippen LogP contribution in [0, 0.1) is 11.8 Å². The number of piperazine rings is 1. The number of likely N-dealkylation sites (N-methyl/N-ethyl adjacent to an activating group) is 1. The Hall–Kier alpha value is -4.48. The zero-order chi connectivity index (χ0) is 31.3. The fourth-order valence-electron chi connectivity index (χ4n) is 6.42. The number of benzene rings is 2. The summed E-state index contributed by atoms with van der Waals surface area (Å²) >= 11 is 0. The van der Waals surface area contributed by atoms with Crippen LogP contribution in [0.25, 0.3) is 22.0 Å². The lowest BCUT2D eigenvalue weighted by Gasteiger charge is -2.33. The Morgan fingerprint density at radius 3 is 2.53 bits per heavy atom. The van der Waals surface area contributed by atoms with Gasteiger partial charge in [0.05, 0.1) is 10.9 Å². The van der Waals surface area contributed by atoms with E-state index < -0.39 is 6.04 Å². The van der Waals surface area contributed by atoms with Crippen molar-refractivity contribution in [2.45, 2.75) is 38.1 Å². The predicted octanol–water partition coefficient (Wildman–Crippen LogP) is 3.10. The second-order valence-electron chi connectivity index (χ2n) is 12.4. The Labute approximate surface area is 262 Å². The van der Waals surface area contributed by atoms with E-state index in [4.69, 9.17) is 5.73 Å². The van der Waals surface area contributed by atoms with Gasteiger partial charge in [0.2, 0.25) is 11.8 Å². The number of hydrogen-bond acceptors (Lipinski definition) is 7. The minimum atomic E-state index is -0.792. The smallest absolute Gasteiger partial charge is 0.271 e. The average molecular weight is 611 g/mol. The fraction of sp³-hybridized carbons (Fsp3) is 0.412. The van der Waals surface area contributed by atoms with Gasteiger partial charge < -0.3 is 26.2 Å². The van der Waals surface area contributed by atoms with Crippen molar-refractivity contribution in [1.29, 1.82) is 0 Å². The van der Waals surface area contributed by atoms with E-state index in [2.05, 4.69) is 60.9 Å². The van der Waals surface area contributed by atoms with Gasteiger partial charge in [-0.2, -0.15) is 0 Å². The van der Waals surface area contributed by atoms with Crippen LogP contribution in [0.3, 0.4) is 0 Å². The molecule has 0 unspecified atom stereocenters. The monoisotopic (exact) mass is 610 g/mol. The lowest BCUT2D eigenvalue weighted by molar-refractivity contribution is -0.130. The van der Waals surface area contributed by atoms with Crippen molar-refractivity contribution in [3.05, 3.63) is 76.7 Å². The van der Waals surface area contributed by atoms with Crippen LogP contribution in [0.1, 0.15) is 31.2 Å². The van der Waals surface area contributed by atoms with Crippen LogP contribution >= 0.6 is 0 Å². The molecule has 4 aromatic rings. The number of anilines is 2. The first-order valence-corrected chi connectivity index (χ1v) is 15.9. The predicted molar refractivity (Wildman–Crippen MR) is 177 cm³/mol. The maximum absolute atomic E-state index is 13.7. The molecule has 11 heteroatoms. The summed E-state index contributed by atoms with van der Waals surface area (Å²) in [5.74, 6) is 0.859. The molecule has 0 bridgehead atoms. The summed E-state index contributed by atoms with van der Waals surface area (Å²) in [5, 5.41) is 11.9. The number of pyridine rings is 1. The van der Waals surface area contributed by atoms with Gasteiger partial charge >= 0.3 is 0 Å². The number of nitrogens with one attached hydrogen (secondary N) is 4. The maximum atomic E-state index is 13.7. The fourth-order valence-corrected chi connectivity index (χ4v) is 6.42. The molecule has 1 aliphatic heterocycles. The molecule has 0 spiro atoms. The lowest BCUT2D eigenvalue weighted by Crippen LogP contribution is -2.48. The molecule has 1 saturated heterocycles. The van der Waals surface area contributed by atoms with Gasteiger partial charge in [-0.05, 0) is 92.2 Å². The van der Waals surface area contributed by atoms with Crippen LogP contribution in [-0.4, -0.2) is 77.7 Å². The molecule has 45 heavy (non-hydrogen) atoms. The molecule has 1 atom stereocenters. The first-order chi connectivity index (χ1) is 21.9. The molecule has 1 aliphatic carbocycles. The first-order valence-electron chi connectivity index (χ1n) is 15.9. The highest BCUT2D eigenvalue weighted by Crippen LogP contribution is 2.29. The van der Waals surface area contributed by atoms with Gasteiger partial charge in [0.25, 0.3) is 5.56 Å². The number of aromatic nitrogens is 3. The van der Waals surface area contributed by atoms with Crippen molar-refractivity contribution >= 4 is 34.2 Å². The number of fused-ring (bicyclic) bond motifs is 1. The summed E-state index contributed by atoms with van der Waals surface area (Å²) in [5.41, 5.74) is 9.78. The Morgan fingerprint density at radius 1 is 0.978 bits per heavy atom. The number of nitrogens with two attached hydrogens (primary N) is 1. The van der Waals surface area contributed by atoms with Crippen molar-refractivity contribution in [3.8, 4) is 11.1 Å². The minimum absolute atomic E-state index is 0.0989. The number of nitrogens with zero attached hydrogens (tertiary/aromatic N) is 3. The largest absolute Gasteiger partial charge is 0.354 e. The lowest BCUT2D eigenvalue weighted by atomic mass is 9.81. The normalized spacial score (nSPS) is 19.7. The number of hydrogen-bond donors (Lipinski definition) is 5. The SMILES string of the molecule is CN1CCN(c2cc(-c3cccc(C[C@H](NC(=O)C4CCC(CN)CC4)C(=O)Nc4ccc5c(=O)[nH][nH]c5c4)c3)ccn2)CC1. The minimum Gasteiger partial charge on any atom is -0.354 e. The molecule has 2 aliphatic rings. The van der Waals surface area contributed by atoms with E-state index in [1.165, 1.54) is 0 Å². The molecule has 2 aromatic carbocycles. The summed E-state index contributed by atoms with van der Waals surface area (Å²) < 4.78 is 0. The third-order valence-electron chi connectivity index (χ3n) is 9.30. The summed E-state index contributed by atoms with van der Waals surface area (Å²) in [7, 11) is 2.14. The molecule has 2 aromatic heterocycles. The van der Waals surface area contributed by atoms with Crippen molar-refractivity contribution in [3.63, 3.8) is 0 Å². The molecular weight excluding hydrogens is 568 g/mol. The van der Waals surface area contributed by atoms with Crippen molar-refractivity contribution in [2.75, 3.05) is 50.0 Å². The molecule has 3 heterocycles. The number of H-pyrrole nitrogens is 2. The van der Waals surface area contributed by atoms with Crippen LogP contribution in [0.4, 0.5) is 11.5 Å². The van der Waals surface area contributed by atoms with Crippen LogP contribution < -0.4 is 26.8 Å². The quantitative estimate of drug-likeness (QED) is 0.195. The number of aromatic amines is 2. The second-order valence-corrected chi connectivity index (χ2v) is 12.4. The standard InChI is InChI=1S/C34H42N8O3/c1-41-13-15-42(16-14-41)31-19-26(11-12-36-31)25-4-2-3-23(17-25)18-30(38-32(43)24-7-5-22(21-35)6-8-24)34(45)37-27-9-10-28-29(20-27)39-40-33(28)44/h2-4,9-12,17,19-20,22,24,30H,5-8,13-16,18,21,35H2,1H3,(H,37,45)(H,38,43)(H2,39,40,44)/t22?,24?,30-/m0/s1. The van der Waals surface area contributed by atoms with Gasteiger partial charge in [-0.1, -0.05) is 24.3 Å². The summed E-state index contributed by atoms with van der Waals surface area (Å²) in [4.78, 5) is 48.4. The molecule has 6 N–H and O–H groups in total. The number of carbonyl (C=O) groups excluding carboxylic acids is 2. The molecule has 2 fully saturated rings. The number of rotatable bonds is 9. The van der Waals surface area contributed by atoms with E-state index in [1.54, 1.807) is 18.2 Å². The van der Waals surface area contributed by atoms with E-state index in [1.807, 2.05) is 24.4 Å². The van der Waals surface area contributed by atoms with Gasteiger partial charge in [0, 0.05) is 50.4 Å². The Kier molecular flexibility index (Phi) is 9.27. The van der Waals surface area contributed by atoms with Gasteiger partial charge in [-0.25, -0.2) is 4.98 Å². The number of carbonyl (C=O) groups is 2. The van der Waals surface area contributed by atoms with Gasteiger partial charge in [0.1, 0.15) is 11.9 Å². The zero-order valence-corrected chi connectivity index (χ0v) is 25.7.